The first-order valence-corrected chi connectivity index (χ1v) is 11.3. The van der Waals surface area contributed by atoms with E-state index in [-0.39, 0.29) is 11.7 Å². The van der Waals surface area contributed by atoms with Gasteiger partial charge in [0.1, 0.15) is 23.8 Å². The van der Waals surface area contributed by atoms with E-state index in [1.807, 2.05) is 22.9 Å². The number of nitrogens with zero attached hydrogens (tertiary/aromatic N) is 6. The number of azo groups is 2. The molecule has 2 aliphatic heterocycles. The van der Waals surface area contributed by atoms with Gasteiger partial charge in [-0.1, -0.05) is 30.2 Å². The van der Waals surface area contributed by atoms with Crippen LogP contribution in [0, 0.1) is 5.82 Å². The van der Waals surface area contributed by atoms with Crippen LogP contribution in [0.4, 0.5) is 10.1 Å². The molecular weight excluding hydrogens is 445 g/mol. The number of amidine groups is 1. The molecule has 0 aliphatic carbocycles. The number of hydrogen-bond donors (Lipinski definition) is 1. The molecule has 2 atom stereocenters. The third-order valence-corrected chi connectivity index (χ3v) is 6.05. The number of hydrogen-bond acceptors (Lipinski definition) is 6. The van der Waals surface area contributed by atoms with Gasteiger partial charge in [-0.2, -0.15) is 0 Å². The quantitative estimate of drug-likeness (QED) is 0.534. The Bertz CT molecular complexity index is 1210. The fraction of sp³-hybridized carbons (Fsp3) is 0.348. The molecule has 2 aromatic heterocycles. The number of pyridine rings is 1. The molecule has 0 bridgehead atoms. The van der Waals surface area contributed by atoms with Gasteiger partial charge in [0.15, 0.2) is 11.6 Å². The Morgan fingerprint density at radius 1 is 1.18 bits per heavy atom. The van der Waals surface area contributed by atoms with E-state index in [0.717, 1.165) is 49.3 Å². The molecule has 5 rings (SSSR count). The van der Waals surface area contributed by atoms with E-state index in [9.17, 15) is 4.39 Å². The standard InChI is InChI=1S/C23H24ClFN7O/c1-33-19-11-17(12-26-22(19)31-13-20(24)27-14-31)28-23-29-21-18(15-6-8-16(25)9-7-15)5-3-2-4-10-32(21)30-23/h6-9,11-14,18,23,28H,2-5,10H2,1H3/q+1. The van der Waals surface area contributed by atoms with E-state index in [1.165, 1.54) is 12.1 Å². The van der Waals surface area contributed by atoms with E-state index < -0.39 is 6.29 Å². The second-order valence-electron chi connectivity index (χ2n) is 8.05. The monoisotopic (exact) mass is 468 g/mol. The summed E-state index contributed by atoms with van der Waals surface area (Å²) in [4.78, 5) is 13.4. The molecular formula is C23H24ClFN7O+. The van der Waals surface area contributed by atoms with Gasteiger partial charge in [-0.15, -0.1) is 4.70 Å². The van der Waals surface area contributed by atoms with Crippen LogP contribution in [0.15, 0.2) is 59.2 Å². The van der Waals surface area contributed by atoms with Gasteiger partial charge in [0.05, 0.1) is 24.9 Å². The summed E-state index contributed by atoms with van der Waals surface area (Å²) < 4.78 is 22.7. The zero-order chi connectivity index (χ0) is 22.8. The van der Waals surface area contributed by atoms with Crippen LogP contribution >= 0.6 is 11.6 Å². The molecule has 1 saturated heterocycles. The third-order valence-electron chi connectivity index (χ3n) is 5.86. The summed E-state index contributed by atoms with van der Waals surface area (Å²) in [5, 5.41) is 8.49. The number of anilines is 1. The van der Waals surface area contributed by atoms with Gasteiger partial charge in [-0.25, -0.2) is 14.4 Å². The molecule has 0 radical (unpaired) electrons. The van der Waals surface area contributed by atoms with Crippen molar-refractivity contribution >= 4 is 23.1 Å². The molecule has 1 N–H and O–H groups in total. The Hall–Kier alpha value is -3.33. The molecule has 10 heteroatoms. The highest BCUT2D eigenvalue weighted by Gasteiger charge is 2.38. The zero-order valence-corrected chi connectivity index (χ0v) is 18.9. The van der Waals surface area contributed by atoms with Crippen molar-refractivity contribution in [2.75, 3.05) is 19.0 Å². The number of rotatable bonds is 5. The smallest absolute Gasteiger partial charge is 0.341 e. The van der Waals surface area contributed by atoms with Crippen LogP contribution < -0.4 is 10.1 Å². The number of benzene rings is 1. The number of imidazole rings is 1. The second-order valence-corrected chi connectivity index (χ2v) is 8.44. The molecule has 1 aromatic carbocycles. The minimum atomic E-state index is -0.471. The lowest BCUT2D eigenvalue weighted by Crippen LogP contribution is -2.26. The van der Waals surface area contributed by atoms with Crippen molar-refractivity contribution in [3.8, 4) is 11.6 Å². The Kier molecular flexibility index (Phi) is 6.04. The van der Waals surface area contributed by atoms with Gasteiger partial charge in [0, 0.05) is 12.3 Å². The number of aliphatic imine (C=N–C) groups is 1. The van der Waals surface area contributed by atoms with Crippen LogP contribution in [0.2, 0.25) is 5.15 Å². The number of nitrogens with one attached hydrogen (secondary N) is 1. The lowest BCUT2D eigenvalue weighted by Gasteiger charge is -2.17. The molecule has 1 fully saturated rings. The average Bonchev–Trinajstić information content (AvgIpc) is 3.41. The first-order valence-electron chi connectivity index (χ1n) is 10.9. The minimum absolute atomic E-state index is 0.0856. The maximum atomic E-state index is 13.5. The van der Waals surface area contributed by atoms with Crippen LogP contribution in [0.1, 0.15) is 37.2 Å². The Morgan fingerprint density at radius 3 is 2.79 bits per heavy atom. The maximum absolute atomic E-state index is 13.5. The number of methoxy groups -OCH3 is 1. The topological polar surface area (TPSA) is 79.7 Å². The summed E-state index contributed by atoms with van der Waals surface area (Å²) in [6.45, 7) is 0.816. The van der Waals surface area contributed by atoms with Crippen LogP contribution in [-0.4, -0.2) is 45.0 Å². The van der Waals surface area contributed by atoms with Crippen LogP contribution in [0.25, 0.3) is 5.82 Å². The van der Waals surface area contributed by atoms with Gasteiger partial charge < -0.3 is 10.1 Å². The van der Waals surface area contributed by atoms with Crippen molar-refractivity contribution in [3.63, 3.8) is 0 Å². The zero-order valence-electron chi connectivity index (χ0n) is 18.2. The summed E-state index contributed by atoms with van der Waals surface area (Å²) in [5.41, 5.74) is 1.79. The van der Waals surface area contributed by atoms with Crippen LogP contribution in [-0.2, 0) is 0 Å². The summed E-state index contributed by atoms with van der Waals surface area (Å²) in [6, 6.07) is 8.55. The van der Waals surface area contributed by atoms with Crippen molar-refractivity contribution < 1.29 is 13.8 Å². The molecule has 2 aliphatic rings. The van der Waals surface area contributed by atoms with Crippen molar-refractivity contribution in [2.45, 2.75) is 37.9 Å². The molecule has 4 heterocycles. The summed E-state index contributed by atoms with van der Waals surface area (Å²) in [7, 11) is 1.59. The second kappa shape index (κ2) is 9.27. The molecule has 0 spiro atoms. The maximum Gasteiger partial charge on any atom is 0.341 e. The van der Waals surface area contributed by atoms with E-state index >= 15 is 0 Å². The highest BCUT2D eigenvalue weighted by Crippen LogP contribution is 2.31. The van der Waals surface area contributed by atoms with E-state index in [1.54, 1.807) is 30.4 Å². The van der Waals surface area contributed by atoms with E-state index in [2.05, 4.69) is 15.3 Å². The van der Waals surface area contributed by atoms with Crippen molar-refractivity contribution in [1.29, 1.82) is 0 Å². The van der Waals surface area contributed by atoms with Crippen molar-refractivity contribution in [2.24, 2.45) is 10.1 Å². The van der Waals surface area contributed by atoms with Gasteiger partial charge >= 0.3 is 12.1 Å². The molecule has 2 unspecified atom stereocenters. The van der Waals surface area contributed by atoms with Crippen molar-refractivity contribution in [3.05, 3.63) is 65.6 Å². The molecule has 8 nitrogen and oxygen atoms in total. The van der Waals surface area contributed by atoms with Gasteiger partial charge in [-0.05, 0) is 47.1 Å². The van der Waals surface area contributed by atoms with Gasteiger partial charge in [-0.3, -0.25) is 4.57 Å². The molecule has 0 saturated carbocycles. The highest BCUT2D eigenvalue weighted by molar-refractivity contribution is 6.29. The lowest BCUT2D eigenvalue weighted by atomic mass is 9.90. The summed E-state index contributed by atoms with van der Waals surface area (Å²) in [5.74, 6) is 1.92. The Morgan fingerprint density at radius 2 is 2.03 bits per heavy atom. The highest BCUT2D eigenvalue weighted by atomic mass is 35.5. The average molecular weight is 469 g/mol. The predicted molar refractivity (Wildman–Crippen MR) is 123 cm³/mol. The minimum Gasteiger partial charge on any atom is -0.493 e. The summed E-state index contributed by atoms with van der Waals surface area (Å²) in [6.07, 6.45) is 8.73. The third kappa shape index (κ3) is 4.59. The van der Waals surface area contributed by atoms with Crippen LogP contribution in [0.3, 0.4) is 0 Å². The lowest BCUT2D eigenvalue weighted by molar-refractivity contribution is -0.483. The predicted octanol–water partition coefficient (Wildman–Crippen LogP) is 5.00. The number of halogens is 2. The Labute approximate surface area is 195 Å². The molecule has 0 amide bonds. The molecule has 33 heavy (non-hydrogen) atoms. The first-order chi connectivity index (χ1) is 16.1. The van der Waals surface area contributed by atoms with E-state index in [4.69, 9.17) is 26.4 Å². The first kappa shape index (κ1) is 21.5. The largest absolute Gasteiger partial charge is 0.493 e. The van der Waals surface area contributed by atoms with Crippen LogP contribution in [0.5, 0.6) is 5.75 Å². The summed E-state index contributed by atoms with van der Waals surface area (Å²) >= 11 is 5.93. The Balaban J connectivity index is 1.41. The van der Waals surface area contributed by atoms with Gasteiger partial charge in [0.2, 0.25) is 0 Å². The SMILES string of the molecule is COc1cc(NC2N=C3C(c4ccc(F)cc4)CCCCC[N+]3=N2)cnc1-n1cnc(Cl)c1. The molecule has 3 aromatic rings. The number of ether oxygens (including phenoxy) is 1. The number of aromatic nitrogens is 3. The fourth-order valence-corrected chi connectivity index (χ4v) is 4.41. The normalized spacial score (nSPS) is 20.3. The van der Waals surface area contributed by atoms with Gasteiger partial charge in [0.25, 0.3) is 0 Å². The molecule has 170 valence electrons. The number of fused-ring (bicyclic) bond motifs is 1. The van der Waals surface area contributed by atoms with E-state index in [0.29, 0.717) is 16.7 Å². The fourth-order valence-electron chi connectivity index (χ4n) is 4.26. The van der Waals surface area contributed by atoms with Crippen molar-refractivity contribution in [1.82, 2.24) is 14.5 Å².